The third kappa shape index (κ3) is 6.64. The molecule has 0 saturated carbocycles. The van der Waals surface area contributed by atoms with Crippen LogP contribution in [0, 0.1) is 0 Å². The Balaban J connectivity index is 1.18. The molecule has 2 aromatic rings. The number of epoxide rings is 4. The first-order valence-electron chi connectivity index (χ1n) is 11.7. The molecule has 4 aliphatic heterocycles. The van der Waals surface area contributed by atoms with Crippen LogP contribution < -0.4 is 18.9 Å². The van der Waals surface area contributed by atoms with Gasteiger partial charge in [0.25, 0.3) is 0 Å². The highest BCUT2D eigenvalue weighted by Crippen LogP contribution is 2.30. The van der Waals surface area contributed by atoms with E-state index in [1.165, 1.54) is 0 Å². The maximum absolute atomic E-state index is 6.04. The number of hydrogen-bond donors (Lipinski definition) is 0. The molecule has 4 saturated heterocycles. The second-order valence-corrected chi connectivity index (χ2v) is 8.84. The van der Waals surface area contributed by atoms with Crippen molar-refractivity contribution in [3.63, 3.8) is 0 Å². The normalized spacial score (nSPS) is 26.2. The predicted molar refractivity (Wildman–Crippen MR) is 123 cm³/mol. The highest BCUT2D eigenvalue weighted by Gasteiger charge is 2.26. The zero-order valence-electron chi connectivity index (χ0n) is 18.9. The molecule has 4 aliphatic rings. The Morgan fingerprint density at radius 1 is 0.588 bits per heavy atom. The number of benzene rings is 2. The monoisotopic (exact) mass is 468 g/mol. The van der Waals surface area contributed by atoms with Crippen LogP contribution in [-0.4, -0.2) is 77.3 Å². The largest absolute Gasteiger partial charge is 0.491 e. The third-order valence-corrected chi connectivity index (χ3v) is 5.68. The molecular formula is C26H28O8. The van der Waals surface area contributed by atoms with Gasteiger partial charge in [0.05, 0.1) is 26.4 Å². The molecule has 0 amide bonds. The summed E-state index contributed by atoms with van der Waals surface area (Å²) in [4.78, 5) is 0. The lowest BCUT2D eigenvalue weighted by atomic mass is 10.1. The molecule has 4 fully saturated rings. The Hall–Kier alpha value is -2.78. The van der Waals surface area contributed by atoms with Crippen molar-refractivity contribution in [1.29, 1.82) is 0 Å². The molecule has 0 N–H and O–H groups in total. The summed E-state index contributed by atoms with van der Waals surface area (Å²) in [6.45, 7) is 5.15. The predicted octanol–water partition coefficient (Wildman–Crippen LogP) is 2.97. The lowest BCUT2D eigenvalue weighted by Gasteiger charge is -2.12. The summed E-state index contributed by atoms with van der Waals surface area (Å²) in [7, 11) is 0. The summed E-state index contributed by atoms with van der Waals surface area (Å²) in [5.41, 5.74) is 1.91. The lowest BCUT2D eigenvalue weighted by Crippen LogP contribution is -2.07. The van der Waals surface area contributed by atoms with Crippen LogP contribution in [-0.2, 0) is 18.9 Å². The molecule has 4 atom stereocenters. The first-order chi connectivity index (χ1) is 16.8. The average Bonchev–Trinajstić information content (AvgIpc) is 3.70. The summed E-state index contributed by atoms with van der Waals surface area (Å²) in [5, 5.41) is 0. The van der Waals surface area contributed by atoms with Gasteiger partial charge in [0.2, 0.25) is 0 Å². The molecule has 0 spiro atoms. The molecule has 4 unspecified atom stereocenters. The minimum absolute atomic E-state index is 0.167. The molecule has 180 valence electrons. The Labute approximate surface area is 198 Å². The molecule has 2 aromatic carbocycles. The second kappa shape index (κ2) is 9.84. The maximum Gasteiger partial charge on any atom is 0.130 e. The Kier molecular flexibility index (Phi) is 6.29. The molecule has 0 aliphatic carbocycles. The van der Waals surface area contributed by atoms with Crippen LogP contribution in [0.2, 0.25) is 0 Å². The van der Waals surface area contributed by atoms with Crippen LogP contribution in [0.4, 0.5) is 0 Å². The molecule has 0 bridgehead atoms. The SMILES string of the molecule is C(=Cc1ccc(OCC2CO2)cc1OCC1CO1)c1cc(OCC2CO2)cc(OCC2CO2)c1. The van der Waals surface area contributed by atoms with Crippen LogP contribution in [0.3, 0.4) is 0 Å². The second-order valence-electron chi connectivity index (χ2n) is 8.84. The maximum atomic E-state index is 6.04. The van der Waals surface area contributed by atoms with E-state index in [9.17, 15) is 0 Å². The van der Waals surface area contributed by atoms with E-state index in [0.717, 1.165) is 60.6 Å². The van der Waals surface area contributed by atoms with Gasteiger partial charge in [0.15, 0.2) is 0 Å². The fraction of sp³-hybridized carbons (Fsp3) is 0.462. The van der Waals surface area contributed by atoms with Crippen molar-refractivity contribution in [3.8, 4) is 23.0 Å². The molecular weight excluding hydrogens is 440 g/mol. The van der Waals surface area contributed by atoms with E-state index in [1.54, 1.807) is 0 Å². The molecule has 0 radical (unpaired) electrons. The van der Waals surface area contributed by atoms with Gasteiger partial charge in [0.1, 0.15) is 73.8 Å². The standard InChI is InChI=1S/C26H28O8/c1(17-5-20(28-10-23-13-31-23)7-21(6-17)29-11-24-14-32-24)2-18-3-4-19(27-9-22-12-30-22)8-26(18)34-16-25-15-33-25/h1-8,22-25H,9-16H2. The summed E-state index contributed by atoms with van der Waals surface area (Å²) in [5.74, 6) is 3.01. The minimum atomic E-state index is 0.167. The van der Waals surface area contributed by atoms with Crippen LogP contribution in [0.25, 0.3) is 12.2 Å². The molecule has 8 heteroatoms. The topological polar surface area (TPSA) is 87.0 Å². The van der Waals surface area contributed by atoms with Crippen molar-refractivity contribution in [3.05, 3.63) is 47.5 Å². The van der Waals surface area contributed by atoms with Crippen LogP contribution in [0.1, 0.15) is 11.1 Å². The van der Waals surface area contributed by atoms with E-state index < -0.39 is 0 Å². The van der Waals surface area contributed by atoms with E-state index in [2.05, 4.69) is 0 Å². The Morgan fingerprint density at radius 2 is 1.09 bits per heavy atom. The van der Waals surface area contributed by atoms with E-state index in [-0.39, 0.29) is 24.4 Å². The van der Waals surface area contributed by atoms with Crippen LogP contribution in [0.5, 0.6) is 23.0 Å². The van der Waals surface area contributed by atoms with Crippen LogP contribution in [0.15, 0.2) is 36.4 Å². The quantitative estimate of drug-likeness (QED) is 0.309. The van der Waals surface area contributed by atoms with E-state index in [1.807, 2.05) is 48.6 Å². The van der Waals surface area contributed by atoms with E-state index in [4.69, 9.17) is 37.9 Å². The van der Waals surface area contributed by atoms with Gasteiger partial charge in [-0.3, -0.25) is 0 Å². The van der Waals surface area contributed by atoms with Crippen LogP contribution >= 0.6 is 0 Å². The number of hydrogen-bond acceptors (Lipinski definition) is 8. The first kappa shape index (κ1) is 21.7. The fourth-order valence-corrected chi connectivity index (χ4v) is 3.32. The van der Waals surface area contributed by atoms with Gasteiger partial charge in [-0.25, -0.2) is 0 Å². The fourth-order valence-electron chi connectivity index (χ4n) is 3.32. The van der Waals surface area contributed by atoms with Gasteiger partial charge >= 0.3 is 0 Å². The van der Waals surface area contributed by atoms with Gasteiger partial charge in [0, 0.05) is 17.7 Å². The van der Waals surface area contributed by atoms with Gasteiger partial charge < -0.3 is 37.9 Å². The van der Waals surface area contributed by atoms with Crippen molar-refractivity contribution < 1.29 is 37.9 Å². The third-order valence-electron chi connectivity index (χ3n) is 5.68. The summed E-state index contributed by atoms with van der Waals surface area (Å²) >= 11 is 0. The van der Waals surface area contributed by atoms with Gasteiger partial charge in [-0.1, -0.05) is 12.2 Å². The van der Waals surface area contributed by atoms with E-state index in [0.29, 0.717) is 26.4 Å². The smallest absolute Gasteiger partial charge is 0.130 e. The molecule has 0 aromatic heterocycles. The Bertz CT molecular complexity index is 987. The highest BCUT2D eigenvalue weighted by atomic mass is 16.6. The number of rotatable bonds is 14. The van der Waals surface area contributed by atoms with Gasteiger partial charge in [-0.15, -0.1) is 0 Å². The molecule has 6 rings (SSSR count). The van der Waals surface area contributed by atoms with Gasteiger partial charge in [-0.05, 0) is 29.8 Å². The van der Waals surface area contributed by atoms with Crippen molar-refractivity contribution in [2.75, 3.05) is 52.9 Å². The Morgan fingerprint density at radius 3 is 1.62 bits per heavy atom. The van der Waals surface area contributed by atoms with Crippen molar-refractivity contribution in [1.82, 2.24) is 0 Å². The molecule has 4 heterocycles. The summed E-state index contributed by atoms with van der Waals surface area (Å²) < 4.78 is 44.7. The molecule has 8 nitrogen and oxygen atoms in total. The number of ether oxygens (including phenoxy) is 8. The van der Waals surface area contributed by atoms with Crippen molar-refractivity contribution in [2.24, 2.45) is 0 Å². The zero-order chi connectivity index (χ0) is 22.7. The first-order valence-corrected chi connectivity index (χ1v) is 11.7. The summed E-state index contributed by atoms with van der Waals surface area (Å²) in [6.07, 6.45) is 4.79. The average molecular weight is 469 g/mol. The van der Waals surface area contributed by atoms with Crippen molar-refractivity contribution in [2.45, 2.75) is 24.4 Å². The van der Waals surface area contributed by atoms with Crippen molar-refractivity contribution >= 4 is 12.2 Å². The van der Waals surface area contributed by atoms with E-state index >= 15 is 0 Å². The summed E-state index contributed by atoms with van der Waals surface area (Å²) in [6, 6.07) is 11.7. The molecule has 34 heavy (non-hydrogen) atoms. The van der Waals surface area contributed by atoms with Gasteiger partial charge in [-0.2, -0.15) is 0 Å². The highest BCUT2D eigenvalue weighted by molar-refractivity contribution is 5.74. The lowest BCUT2D eigenvalue weighted by molar-refractivity contribution is 0.252. The zero-order valence-corrected chi connectivity index (χ0v) is 18.9. The minimum Gasteiger partial charge on any atom is -0.491 e.